The minimum atomic E-state index is -0.874. The highest BCUT2D eigenvalue weighted by Gasteiger charge is 2.61. The van der Waals surface area contributed by atoms with Crippen molar-refractivity contribution >= 4 is 11.9 Å². The third-order valence-corrected chi connectivity index (χ3v) is 3.38. The van der Waals surface area contributed by atoms with Gasteiger partial charge in [-0.25, -0.2) is 4.79 Å². The summed E-state index contributed by atoms with van der Waals surface area (Å²) in [6.45, 7) is 3.65. The fourth-order valence-electron chi connectivity index (χ4n) is 2.13. The van der Waals surface area contributed by atoms with Gasteiger partial charge in [0.15, 0.2) is 0 Å². The Morgan fingerprint density at radius 2 is 1.89 bits per heavy atom. The highest BCUT2D eigenvalue weighted by molar-refractivity contribution is 5.90. The normalized spacial score (nSPS) is 22.8. The molecule has 0 spiro atoms. The molecule has 1 aliphatic rings. The molecule has 98 valence electrons. The zero-order valence-electron chi connectivity index (χ0n) is 10.7. The Morgan fingerprint density at radius 1 is 1.26 bits per heavy atom. The van der Waals surface area contributed by atoms with Gasteiger partial charge in [0.25, 0.3) is 0 Å². The maximum atomic E-state index is 11.5. The van der Waals surface area contributed by atoms with Crippen LogP contribution in [0.25, 0.3) is 0 Å². The van der Waals surface area contributed by atoms with Crippen LogP contribution in [0.5, 0.6) is 5.75 Å². The number of rotatable bonds is 2. The maximum absolute atomic E-state index is 11.5. The molecule has 2 unspecified atom stereocenters. The first kappa shape index (κ1) is 13.2. The number of carboxylic acid groups (broad SMARTS) is 1. The molecule has 2 atom stereocenters. The van der Waals surface area contributed by atoms with E-state index in [1.54, 1.807) is 24.3 Å². The number of aliphatic carboxylic acids is 1. The van der Waals surface area contributed by atoms with E-state index in [2.05, 4.69) is 11.8 Å². The van der Waals surface area contributed by atoms with Gasteiger partial charge in [0.2, 0.25) is 0 Å². The van der Waals surface area contributed by atoms with Crippen molar-refractivity contribution in [3.63, 3.8) is 0 Å². The molecule has 0 bridgehead atoms. The second-order valence-corrected chi connectivity index (χ2v) is 5.09. The Bertz CT molecular complexity index is 563. The lowest BCUT2D eigenvalue weighted by Gasteiger charge is -1.97. The van der Waals surface area contributed by atoms with Crippen LogP contribution in [0, 0.1) is 29.1 Å². The summed E-state index contributed by atoms with van der Waals surface area (Å²) in [5, 5.41) is 8.98. The van der Waals surface area contributed by atoms with Crippen LogP contribution in [0.1, 0.15) is 13.8 Å². The van der Waals surface area contributed by atoms with Crippen molar-refractivity contribution in [2.75, 3.05) is 0 Å². The van der Waals surface area contributed by atoms with E-state index in [1.165, 1.54) is 0 Å². The molecule has 1 aliphatic carbocycles. The number of para-hydroxylation sites is 1. The van der Waals surface area contributed by atoms with Gasteiger partial charge in [-0.1, -0.05) is 38.0 Å². The lowest BCUT2D eigenvalue weighted by atomic mass is 10.1. The van der Waals surface area contributed by atoms with Gasteiger partial charge in [0.05, 0.1) is 5.92 Å². The molecule has 0 heterocycles. The van der Waals surface area contributed by atoms with Crippen molar-refractivity contribution in [1.82, 2.24) is 0 Å². The quantitative estimate of drug-likeness (QED) is 0.381. The molecule has 0 saturated heterocycles. The van der Waals surface area contributed by atoms with E-state index in [4.69, 9.17) is 9.84 Å². The van der Waals surface area contributed by atoms with E-state index in [-0.39, 0.29) is 11.3 Å². The van der Waals surface area contributed by atoms with Crippen molar-refractivity contribution in [3.05, 3.63) is 30.3 Å². The number of carbonyl (C=O) groups excluding carboxylic acids is 1. The fourth-order valence-corrected chi connectivity index (χ4v) is 2.13. The summed E-state index contributed by atoms with van der Waals surface area (Å²) in [5.74, 6) is 3.12. The van der Waals surface area contributed by atoms with E-state index >= 15 is 0 Å². The van der Waals surface area contributed by atoms with Crippen LogP contribution < -0.4 is 4.74 Å². The van der Waals surface area contributed by atoms with Crippen LogP contribution in [0.15, 0.2) is 30.3 Å². The van der Waals surface area contributed by atoms with Crippen LogP contribution in [0.3, 0.4) is 0 Å². The molecule has 0 radical (unpaired) electrons. The van der Waals surface area contributed by atoms with E-state index in [1.807, 2.05) is 19.9 Å². The Hall–Kier alpha value is -2.28. The van der Waals surface area contributed by atoms with Crippen LogP contribution in [-0.4, -0.2) is 17.0 Å². The van der Waals surface area contributed by atoms with Crippen molar-refractivity contribution < 1.29 is 19.4 Å². The van der Waals surface area contributed by atoms with Crippen molar-refractivity contribution in [2.45, 2.75) is 13.8 Å². The first-order valence-corrected chi connectivity index (χ1v) is 5.94. The van der Waals surface area contributed by atoms with Gasteiger partial charge in [-0.3, -0.25) is 4.79 Å². The number of esters is 1. The number of hydrogen-bond acceptors (Lipinski definition) is 3. The molecule has 0 amide bonds. The molecule has 4 nitrogen and oxygen atoms in total. The van der Waals surface area contributed by atoms with Crippen LogP contribution in [0.2, 0.25) is 0 Å². The Balaban J connectivity index is 1.98. The third-order valence-electron chi connectivity index (χ3n) is 3.38. The van der Waals surface area contributed by atoms with E-state index in [0.29, 0.717) is 5.75 Å². The highest BCUT2D eigenvalue weighted by atomic mass is 16.5. The summed E-state index contributed by atoms with van der Waals surface area (Å²) in [6.07, 6.45) is 0. The van der Waals surface area contributed by atoms with Gasteiger partial charge in [0.1, 0.15) is 5.75 Å². The fraction of sp³-hybridized carbons (Fsp3) is 0.333. The van der Waals surface area contributed by atoms with Crippen molar-refractivity contribution in [3.8, 4) is 17.6 Å². The second kappa shape index (κ2) is 4.77. The summed E-state index contributed by atoms with van der Waals surface area (Å²) >= 11 is 0. The maximum Gasteiger partial charge on any atom is 0.389 e. The SMILES string of the molecule is CC1(C)C(C#CC(=O)Oc2ccccc2)C1C(=O)O. The van der Waals surface area contributed by atoms with Gasteiger partial charge >= 0.3 is 11.9 Å². The standard InChI is InChI=1S/C15H14O4/c1-15(2)11(13(15)14(17)18)8-9-12(16)19-10-6-4-3-5-7-10/h3-7,11,13H,1-2H3,(H,17,18). The molecule has 0 aromatic heterocycles. The highest BCUT2D eigenvalue weighted by Crippen LogP contribution is 2.57. The molecular formula is C15H14O4. The zero-order valence-corrected chi connectivity index (χ0v) is 10.7. The van der Waals surface area contributed by atoms with Gasteiger partial charge in [-0.05, 0) is 17.5 Å². The van der Waals surface area contributed by atoms with Crippen LogP contribution in [0.4, 0.5) is 0 Å². The minimum Gasteiger partial charge on any atom is -0.481 e. The number of carbonyl (C=O) groups is 2. The van der Waals surface area contributed by atoms with Gasteiger partial charge in [0, 0.05) is 11.8 Å². The molecule has 19 heavy (non-hydrogen) atoms. The molecule has 1 N–H and O–H groups in total. The molecule has 1 saturated carbocycles. The molecule has 1 fully saturated rings. The summed E-state index contributed by atoms with van der Waals surface area (Å²) in [4.78, 5) is 22.4. The molecule has 1 aromatic carbocycles. The predicted octanol–water partition coefficient (Wildman–Crippen LogP) is 1.95. The van der Waals surface area contributed by atoms with Crippen molar-refractivity contribution in [2.24, 2.45) is 17.3 Å². The summed E-state index contributed by atoms with van der Waals surface area (Å²) in [5.41, 5.74) is -0.383. The average molecular weight is 258 g/mol. The average Bonchev–Trinajstić information content (AvgIpc) is 2.90. The van der Waals surface area contributed by atoms with Crippen LogP contribution >= 0.6 is 0 Å². The number of carboxylic acids is 1. The Morgan fingerprint density at radius 3 is 2.42 bits per heavy atom. The molecule has 0 aliphatic heterocycles. The largest absolute Gasteiger partial charge is 0.481 e. The smallest absolute Gasteiger partial charge is 0.389 e. The number of hydrogen-bond donors (Lipinski definition) is 1. The summed E-state index contributed by atoms with van der Waals surface area (Å²) < 4.78 is 5.00. The summed E-state index contributed by atoms with van der Waals surface area (Å²) in [7, 11) is 0. The lowest BCUT2D eigenvalue weighted by Crippen LogP contribution is -2.04. The Labute approximate surface area is 111 Å². The van der Waals surface area contributed by atoms with Gasteiger partial charge < -0.3 is 9.84 Å². The van der Waals surface area contributed by atoms with Crippen LogP contribution in [-0.2, 0) is 9.59 Å². The molecule has 1 aromatic rings. The van der Waals surface area contributed by atoms with E-state index < -0.39 is 17.9 Å². The predicted molar refractivity (Wildman–Crippen MR) is 68.2 cm³/mol. The lowest BCUT2D eigenvalue weighted by molar-refractivity contribution is -0.139. The topological polar surface area (TPSA) is 63.6 Å². The second-order valence-electron chi connectivity index (χ2n) is 5.09. The first-order valence-electron chi connectivity index (χ1n) is 5.94. The van der Waals surface area contributed by atoms with E-state index in [0.717, 1.165) is 0 Å². The Kier molecular flexibility index (Phi) is 3.30. The van der Waals surface area contributed by atoms with Gasteiger partial charge in [-0.2, -0.15) is 0 Å². The zero-order chi connectivity index (χ0) is 14.0. The van der Waals surface area contributed by atoms with Crippen molar-refractivity contribution in [1.29, 1.82) is 0 Å². The third kappa shape index (κ3) is 2.76. The monoisotopic (exact) mass is 258 g/mol. The first-order chi connectivity index (χ1) is 8.93. The van der Waals surface area contributed by atoms with Gasteiger partial charge in [-0.15, -0.1) is 0 Å². The molecule has 2 rings (SSSR count). The molecular weight excluding hydrogens is 244 g/mol. The van der Waals surface area contributed by atoms with E-state index in [9.17, 15) is 9.59 Å². The number of ether oxygens (including phenoxy) is 1. The number of benzene rings is 1. The summed E-state index contributed by atoms with van der Waals surface area (Å²) in [6, 6.07) is 8.62. The minimum absolute atomic E-state index is 0.298. The molecule has 4 heteroatoms.